The van der Waals surface area contributed by atoms with Gasteiger partial charge in [0.25, 0.3) is 5.91 Å². The molecule has 0 bridgehead atoms. The van der Waals surface area contributed by atoms with E-state index in [-0.39, 0.29) is 23.1 Å². The highest BCUT2D eigenvalue weighted by Gasteiger charge is 2.26. The SMILES string of the molecule is Cc1nn(C)cc1CN(C)C(=O)c1cnc(S(=O)Cc2c(F)ccc(F)c2F)n1-c1ccc(F)cc1. The molecule has 0 radical (unpaired) electrons. The molecule has 0 saturated carbocycles. The Bertz CT molecular complexity index is 1470. The predicted octanol–water partition coefficient (Wildman–Crippen LogP) is 4.05. The Morgan fingerprint density at radius 1 is 1.06 bits per heavy atom. The minimum absolute atomic E-state index is 0.00538. The van der Waals surface area contributed by atoms with E-state index in [1.165, 1.54) is 27.8 Å². The summed E-state index contributed by atoms with van der Waals surface area (Å²) in [6, 6.07) is 6.36. The third-order valence-corrected chi connectivity index (χ3v) is 6.77. The van der Waals surface area contributed by atoms with Gasteiger partial charge in [0.1, 0.15) is 17.3 Å². The lowest BCUT2D eigenvalue weighted by atomic mass is 10.2. The summed E-state index contributed by atoms with van der Waals surface area (Å²) in [7, 11) is 1.12. The summed E-state index contributed by atoms with van der Waals surface area (Å²) in [5.74, 6) is -5.57. The van der Waals surface area contributed by atoms with Gasteiger partial charge in [-0.2, -0.15) is 5.10 Å². The molecule has 1 unspecified atom stereocenters. The lowest BCUT2D eigenvalue weighted by Crippen LogP contribution is -2.28. The number of carbonyl (C=O) groups is 1. The zero-order chi connectivity index (χ0) is 26.1. The Balaban J connectivity index is 1.73. The van der Waals surface area contributed by atoms with Crippen molar-refractivity contribution in [3.05, 3.63) is 94.6 Å². The average molecular weight is 520 g/mol. The van der Waals surface area contributed by atoms with Crippen LogP contribution in [0.1, 0.15) is 27.3 Å². The zero-order valence-corrected chi connectivity index (χ0v) is 20.3. The zero-order valence-electron chi connectivity index (χ0n) is 19.5. The van der Waals surface area contributed by atoms with Crippen molar-refractivity contribution in [2.24, 2.45) is 7.05 Å². The molecule has 2 heterocycles. The highest BCUT2D eigenvalue weighted by atomic mass is 32.2. The van der Waals surface area contributed by atoms with Gasteiger partial charge in [-0.25, -0.2) is 22.5 Å². The van der Waals surface area contributed by atoms with Gasteiger partial charge in [-0.05, 0) is 43.3 Å². The lowest BCUT2D eigenvalue weighted by molar-refractivity contribution is 0.0776. The Morgan fingerprint density at radius 2 is 1.72 bits per heavy atom. The summed E-state index contributed by atoms with van der Waals surface area (Å²) < 4.78 is 71.7. The third-order valence-electron chi connectivity index (χ3n) is 5.52. The molecule has 36 heavy (non-hydrogen) atoms. The first kappa shape index (κ1) is 25.3. The molecule has 0 aliphatic carbocycles. The van der Waals surface area contributed by atoms with E-state index in [9.17, 15) is 26.6 Å². The molecular formula is C24H21F4N5O2S. The van der Waals surface area contributed by atoms with Crippen molar-refractivity contribution in [1.82, 2.24) is 24.2 Å². The minimum Gasteiger partial charge on any atom is -0.336 e. The van der Waals surface area contributed by atoms with Crippen molar-refractivity contribution >= 4 is 16.7 Å². The van der Waals surface area contributed by atoms with Crippen LogP contribution in [-0.2, 0) is 30.1 Å². The molecule has 188 valence electrons. The minimum atomic E-state index is -2.20. The summed E-state index contributed by atoms with van der Waals surface area (Å²) >= 11 is 0. The van der Waals surface area contributed by atoms with Crippen molar-refractivity contribution in [2.45, 2.75) is 24.4 Å². The van der Waals surface area contributed by atoms with Gasteiger partial charge >= 0.3 is 0 Å². The molecule has 7 nitrogen and oxygen atoms in total. The number of hydrogen-bond acceptors (Lipinski definition) is 4. The number of amides is 1. The second-order valence-corrected chi connectivity index (χ2v) is 9.47. The van der Waals surface area contributed by atoms with Crippen LogP contribution in [0.4, 0.5) is 17.6 Å². The first-order valence-corrected chi connectivity index (χ1v) is 12.0. The second kappa shape index (κ2) is 10.1. The van der Waals surface area contributed by atoms with Crippen molar-refractivity contribution < 1.29 is 26.6 Å². The number of carbonyl (C=O) groups excluding carboxylic acids is 1. The molecule has 1 atom stereocenters. The van der Waals surface area contributed by atoms with Crippen LogP contribution >= 0.6 is 0 Å². The van der Waals surface area contributed by atoms with E-state index < -0.39 is 51.3 Å². The average Bonchev–Trinajstić information content (AvgIpc) is 3.42. The molecule has 0 fully saturated rings. The van der Waals surface area contributed by atoms with Crippen LogP contribution in [0, 0.1) is 30.2 Å². The predicted molar refractivity (Wildman–Crippen MR) is 124 cm³/mol. The van der Waals surface area contributed by atoms with Crippen molar-refractivity contribution in [2.75, 3.05) is 7.05 Å². The van der Waals surface area contributed by atoms with E-state index in [0.717, 1.165) is 29.5 Å². The van der Waals surface area contributed by atoms with Crippen LogP contribution in [0.5, 0.6) is 0 Å². The molecule has 0 saturated heterocycles. The van der Waals surface area contributed by atoms with Crippen molar-refractivity contribution in [3.8, 4) is 5.69 Å². The maximum absolute atomic E-state index is 14.2. The highest BCUT2D eigenvalue weighted by molar-refractivity contribution is 7.84. The van der Waals surface area contributed by atoms with Crippen LogP contribution in [-0.4, -0.2) is 41.4 Å². The summed E-state index contributed by atoms with van der Waals surface area (Å²) in [5.41, 5.74) is 1.09. The monoisotopic (exact) mass is 519 g/mol. The van der Waals surface area contributed by atoms with Gasteiger partial charge in [-0.15, -0.1) is 0 Å². The van der Waals surface area contributed by atoms with Crippen LogP contribution in [0.3, 0.4) is 0 Å². The fourth-order valence-electron chi connectivity index (χ4n) is 3.71. The smallest absolute Gasteiger partial charge is 0.272 e. The number of rotatable bonds is 7. The van der Waals surface area contributed by atoms with Gasteiger partial charge < -0.3 is 4.90 Å². The number of imidazole rings is 1. The number of halogens is 4. The van der Waals surface area contributed by atoms with Gasteiger partial charge in [-0.1, -0.05) is 0 Å². The van der Waals surface area contributed by atoms with E-state index in [2.05, 4.69) is 10.1 Å². The molecule has 2 aromatic carbocycles. The summed E-state index contributed by atoms with van der Waals surface area (Å²) in [4.78, 5) is 18.9. The lowest BCUT2D eigenvalue weighted by Gasteiger charge is -2.18. The molecule has 4 rings (SSSR count). The fraction of sp³-hybridized carbons (Fsp3) is 0.208. The van der Waals surface area contributed by atoms with Gasteiger partial charge in [-0.3, -0.25) is 18.3 Å². The molecule has 4 aromatic rings. The van der Waals surface area contributed by atoms with Crippen molar-refractivity contribution in [1.29, 1.82) is 0 Å². The van der Waals surface area contributed by atoms with Crippen LogP contribution in [0.25, 0.3) is 5.69 Å². The van der Waals surface area contributed by atoms with E-state index in [0.29, 0.717) is 6.07 Å². The topological polar surface area (TPSA) is 73.0 Å². The molecule has 2 aromatic heterocycles. The Labute approximate surface area is 206 Å². The third kappa shape index (κ3) is 4.94. The Kier molecular flexibility index (Phi) is 7.07. The quantitative estimate of drug-likeness (QED) is 0.273. The largest absolute Gasteiger partial charge is 0.336 e. The summed E-state index contributed by atoms with van der Waals surface area (Å²) in [6.07, 6.45) is 2.96. The van der Waals surface area contributed by atoms with Crippen LogP contribution in [0.2, 0.25) is 0 Å². The molecule has 1 amide bonds. The Morgan fingerprint density at radius 3 is 2.36 bits per heavy atom. The molecular weight excluding hydrogens is 498 g/mol. The first-order valence-electron chi connectivity index (χ1n) is 10.7. The van der Waals surface area contributed by atoms with E-state index in [1.54, 1.807) is 25.0 Å². The van der Waals surface area contributed by atoms with E-state index in [4.69, 9.17) is 0 Å². The number of hydrogen-bond donors (Lipinski definition) is 0. The van der Waals surface area contributed by atoms with Crippen LogP contribution in [0.15, 0.2) is 53.9 Å². The number of aryl methyl sites for hydroxylation is 2. The number of nitrogens with zero attached hydrogens (tertiary/aromatic N) is 5. The van der Waals surface area contributed by atoms with Gasteiger partial charge in [0, 0.05) is 43.7 Å². The molecule has 12 heteroatoms. The van der Waals surface area contributed by atoms with Crippen molar-refractivity contribution in [3.63, 3.8) is 0 Å². The molecule has 0 spiro atoms. The highest BCUT2D eigenvalue weighted by Crippen LogP contribution is 2.24. The standard InChI is InChI=1S/C24H21F4N5O2S/c1-14-15(12-32(3)30-14)11-31(2)23(34)21-10-29-24(33(21)17-6-4-16(25)5-7-17)36(35)13-18-19(26)8-9-20(27)22(18)28/h4-10,12H,11,13H2,1-3H3. The normalized spacial score (nSPS) is 12.1. The van der Waals surface area contributed by atoms with Gasteiger partial charge in [0.2, 0.25) is 5.16 Å². The second-order valence-electron chi connectivity index (χ2n) is 8.12. The van der Waals surface area contributed by atoms with E-state index >= 15 is 0 Å². The fourth-order valence-corrected chi connectivity index (χ4v) is 4.94. The maximum Gasteiger partial charge on any atom is 0.272 e. The summed E-state index contributed by atoms with van der Waals surface area (Å²) in [6.45, 7) is 2.02. The Hall–Kier alpha value is -3.80. The first-order chi connectivity index (χ1) is 17.1. The number of aromatic nitrogens is 4. The molecule has 0 N–H and O–H groups in total. The van der Waals surface area contributed by atoms with Gasteiger partial charge in [0.15, 0.2) is 11.6 Å². The molecule has 0 aliphatic rings. The molecule has 0 aliphatic heterocycles. The van der Waals surface area contributed by atoms with E-state index in [1.807, 2.05) is 6.92 Å². The van der Waals surface area contributed by atoms with Crippen LogP contribution < -0.4 is 0 Å². The van der Waals surface area contributed by atoms with Gasteiger partial charge in [0.05, 0.1) is 28.4 Å². The summed E-state index contributed by atoms with van der Waals surface area (Å²) in [5, 5.41) is 4.05. The maximum atomic E-state index is 14.2. The number of benzene rings is 2.